The van der Waals surface area contributed by atoms with E-state index in [1.165, 1.54) is 0 Å². The average Bonchev–Trinajstić information content (AvgIpc) is 2.39. The summed E-state index contributed by atoms with van der Waals surface area (Å²) < 4.78 is 5.46. The highest BCUT2D eigenvalue weighted by Gasteiger charge is 2.09. The van der Waals surface area contributed by atoms with Gasteiger partial charge in [-0.25, -0.2) is 0 Å². The van der Waals surface area contributed by atoms with E-state index in [-0.39, 0.29) is 11.3 Å². The van der Waals surface area contributed by atoms with Crippen molar-refractivity contribution in [3.05, 3.63) is 35.1 Å². The molecule has 0 spiro atoms. The molecule has 1 aromatic heterocycles. The molecule has 6 nitrogen and oxygen atoms in total. The summed E-state index contributed by atoms with van der Waals surface area (Å²) in [4.78, 5) is 11.8. The van der Waals surface area contributed by atoms with Gasteiger partial charge in [0.05, 0.1) is 5.56 Å². The fraction of sp³-hybridized carbons (Fsp3) is 0.167. The third-order valence-corrected chi connectivity index (χ3v) is 2.30. The first kappa shape index (κ1) is 13.1. The number of nitrogens with zero attached hydrogens (tertiary/aromatic N) is 4. The van der Waals surface area contributed by atoms with Crippen molar-refractivity contribution in [1.29, 1.82) is 5.26 Å². The Kier molecular flexibility index (Phi) is 4.11. The van der Waals surface area contributed by atoms with Crippen LogP contribution in [0.3, 0.4) is 0 Å². The molecule has 0 saturated heterocycles. The van der Waals surface area contributed by atoms with E-state index in [1.807, 2.05) is 13.0 Å². The Hall–Kier alpha value is -2.39. The average molecular weight is 276 g/mol. The number of ether oxygens (including phenoxy) is 1. The molecule has 0 atom stereocenters. The summed E-state index contributed by atoms with van der Waals surface area (Å²) >= 11 is 5.78. The predicted octanol–water partition coefficient (Wildman–Crippen LogP) is 2.62. The smallest absolute Gasteiger partial charge is 0.328 e. The minimum absolute atomic E-state index is 0.0235. The van der Waals surface area contributed by atoms with Crippen LogP contribution in [-0.2, 0) is 0 Å². The molecule has 2 aromatic rings. The van der Waals surface area contributed by atoms with Gasteiger partial charge in [0.25, 0.3) is 0 Å². The summed E-state index contributed by atoms with van der Waals surface area (Å²) in [7, 11) is 0. The monoisotopic (exact) mass is 275 g/mol. The van der Waals surface area contributed by atoms with Gasteiger partial charge in [-0.15, -0.1) is 0 Å². The lowest BCUT2D eigenvalue weighted by atomic mass is 10.2. The topological polar surface area (TPSA) is 83.7 Å². The number of nitriles is 1. The molecule has 1 heterocycles. The molecule has 0 amide bonds. The van der Waals surface area contributed by atoms with Gasteiger partial charge in [0.1, 0.15) is 11.8 Å². The second-order valence-corrected chi connectivity index (χ2v) is 3.79. The first-order valence-electron chi connectivity index (χ1n) is 5.55. The summed E-state index contributed by atoms with van der Waals surface area (Å²) in [6.07, 6.45) is 0. The van der Waals surface area contributed by atoms with Gasteiger partial charge in [-0.3, -0.25) is 0 Å². The van der Waals surface area contributed by atoms with Gasteiger partial charge >= 0.3 is 6.01 Å². The van der Waals surface area contributed by atoms with Crippen molar-refractivity contribution in [2.75, 3.05) is 11.9 Å². The van der Waals surface area contributed by atoms with Crippen molar-refractivity contribution >= 4 is 17.5 Å². The lowest BCUT2D eigenvalue weighted by Gasteiger charge is -2.07. The molecule has 0 bridgehead atoms. The van der Waals surface area contributed by atoms with Crippen LogP contribution in [0.25, 0.3) is 0 Å². The summed E-state index contributed by atoms with van der Waals surface area (Å²) in [5.41, 5.74) is 0.393. The van der Waals surface area contributed by atoms with Gasteiger partial charge in [-0.2, -0.15) is 20.2 Å². The molecule has 0 aliphatic heterocycles. The van der Waals surface area contributed by atoms with E-state index in [9.17, 15) is 0 Å². The molecule has 1 aromatic carbocycles. The maximum atomic E-state index is 8.97. The molecule has 19 heavy (non-hydrogen) atoms. The minimum Gasteiger partial charge on any atom is -0.423 e. The zero-order valence-corrected chi connectivity index (χ0v) is 10.8. The predicted molar refractivity (Wildman–Crippen MR) is 70.2 cm³/mol. The summed E-state index contributed by atoms with van der Waals surface area (Å²) in [5.74, 6) is 0.696. The molecule has 0 unspecified atom stereocenters. The molecule has 0 radical (unpaired) electrons. The van der Waals surface area contributed by atoms with Crippen LogP contribution in [0.5, 0.6) is 11.8 Å². The number of anilines is 1. The quantitative estimate of drug-likeness (QED) is 0.923. The Morgan fingerprint density at radius 3 is 2.84 bits per heavy atom. The Balaban J connectivity index is 2.30. The summed E-state index contributed by atoms with van der Waals surface area (Å²) in [6, 6.07) is 8.86. The number of para-hydroxylation sites is 1. The van der Waals surface area contributed by atoms with Gasteiger partial charge < -0.3 is 10.1 Å². The standard InChI is InChI=1S/C12H10ClN5O/c1-2-15-11-16-10(13)17-12(18-11)19-9-6-4-3-5-8(9)7-14/h3-6H,2H2,1H3,(H,15,16,17,18). The van der Waals surface area contributed by atoms with Crippen LogP contribution in [0.2, 0.25) is 5.28 Å². The lowest BCUT2D eigenvalue weighted by Crippen LogP contribution is -2.05. The number of benzene rings is 1. The van der Waals surface area contributed by atoms with Gasteiger partial charge in [0.15, 0.2) is 0 Å². The number of hydrogen-bond donors (Lipinski definition) is 1. The number of rotatable bonds is 4. The van der Waals surface area contributed by atoms with E-state index in [1.54, 1.807) is 24.3 Å². The largest absolute Gasteiger partial charge is 0.423 e. The van der Waals surface area contributed by atoms with Crippen molar-refractivity contribution < 1.29 is 4.74 Å². The lowest BCUT2D eigenvalue weighted by molar-refractivity contribution is 0.439. The highest BCUT2D eigenvalue weighted by atomic mass is 35.5. The van der Waals surface area contributed by atoms with Gasteiger partial charge in [-0.1, -0.05) is 12.1 Å². The zero-order valence-electron chi connectivity index (χ0n) is 10.1. The molecule has 2 rings (SSSR count). The van der Waals surface area contributed by atoms with Crippen molar-refractivity contribution in [1.82, 2.24) is 15.0 Å². The van der Waals surface area contributed by atoms with Crippen LogP contribution >= 0.6 is 11.6 Å². The maximum absolute atomic E-state index is 8.97. The van der Waals surface area contributed by atoms with Gasteiger partial charge in [-0.05, 0) is 30.7 Å². The third-order valence-electron chi connectivity index (χ3n) is 2.13. The summed E-state index contributed by atoms with van der Waals surface area (Å²) in [5, 5.41) is 11.9. The second kappa shape index (κ2) is 5.98. The van der Waals surface area contributed by atoms with Crippen LogP contribution in [0.1, 0.15) is 12.5 Å². The first-order chi connectivity index (χ1) is 9.22. The van der Waals surface area contributed by atoms with Crippen molar-refractivity contribution in [3.8, 4) is 17.8 Å². The number of aromatic nitrogens is 3. The molecule has 0 aliphatic carbocycles. The van der Waals surface area contributed by atoms with Gasteiger partial charge in [0.2, 0.25) is 11.2 Å². The molecule has 96 valence electrons. The van der Waals surface area contributed by atoms with E-state index >= 15 is 0 Å². The number of hydrogen-bond acceptors (Lipinski definition) is 6. The fourth-order valence-corrected chi connectivity index (χ4v) is 1.51. The van der Waals surface area contributed by atoms with E-state index in [2.05, 4.69) is 20.3 Å². The van der Waals surface area contributed by atoms with Gasteiger partial charge in [0, 0.05) is 6.54 Å². The fourth-order valence-electron chi connectivity index (χ4n) is 1.36. The molecule has 1 N–H and O–H groups in total. The highest BCUT2D eigenvalue weighted by molar-refractivity contribution is 6.28. The maximum Gasteiger partial charge on any atom is 0.328 e. The normalized spacial score (nSPS) is 9.74. The Labute approximate surface area is 115 Å². The minimum atomic E-state index is 0.0235. The van der Waals surface area contributed by atoms with E-state index < -0.39 is 0 Å². The molecule has 0 fully saturated rings. The molecule has 0 saturated carbocycles. The van der Waals surface area contributed by atoms with Crippen LogP contribution in [0.15, 0.2) is 24.3 Å². The zero-order chi connectivity index (χ0) is 13.7. The number of nitrogens with one attached hydrogen (secondary N) is 1. The van der Waals surface area contributed by atoms with Crippen LogP contribution in [0, 0.1) is 11.3 Å². The molecular formula is C12H10ClN5O. The van der Waals surface area contributed by atoms with Crippen LogP contribution < -0.4 is 10.1 Å². The molecule has 7 heteroatoms. The Morgan fingerprint density at radius 1 is 1.32 bits per heavy atom. The molecular weight excluding hydrogens is 266 g/mol. The summed E-state index contributed by atoms with van der Waals surface area (Å²) in [6.45, 7) is 2.55. The van der Waals surface area contributed by atoms with E-state index in [0.717, 1.165) is 0 Å². The van der Waals surface area contributed by atoms with E-state index in [0.29, 0.717) is 23.8 Å². The van der Waals surface area contributed by atoms with Crippen molar-refractivity contribution in [3.63, 3.8) is 0 Å². The Bertz CT molecular complexity index is 626. The van der Waals surface area contributed by atoms with Crippen molar-refractivity contribution in [2.24, 2.45) is 0 Å². The van der Waals surface area contributed by atoms with E-state index in [4.69, 9.17) is 21.6 Å². The van der Waals surface area contributed by atoms with Crippen LogP contribution in [0.4, 0.5) is 5.95 Å². The highest BCUT2D eigenvalue weighted by Crippen LogP contribution is 2.23. The third kappa shape index (κ3) is 3.30. The number of halogens is 1. The second-order valence-electron chi connectivity index (χ2n) is 3.45. The SMILES string of the molecule is CCNc1nc(Cl)nc(Oc2ccccc2C#N)n1. The van der Waals surface area contributed by atoms with Crippen molar-refractivity contribution in [2.45, 2.75) is 6.92 Å². The Morgan fingerprint density at radius 2 is 2.11 bits per heavy atom. The molecule has 0 aliphatic rings. The van der Waals surface area contributed by atoms with Crippen LogP contribution in [-0.4, -0.2) is 21.5 Å². The first-order valence-corrected chi connectivity index (χ1v) is 5.93.